The van der Waals surface area contributed by atoms with Crippen LogP contribution in [0.15, 0.2) is 44.7 Å². The summed E-state index contributed by atoms with van der Waals surface area (Å²) in [4.78, 5) is 30.6. The Morgan fingerprint density at radius 2 is 1.74 bits per heavy atom. The minimum absolute atomic E-state index is 0.148. The number of rotatable bonds is 7. The molecular weight excluding hydrogens is 476 g/mol. The van der Waals surface area contributed by atoms with Crippen LogP contribution in [0.3, 0.4) is 0 Å². The molecule has 3 aromatic rings. The summed E-state index contributed by atoms with van der Waals surface area (Å²) in [6.07, 6.45) is 0.605. The summed E-state index contributed by atoms with van der Waals surface area (Å²) in [6.45, 7) is 12.4. The maximum atomic E-state index is 13.3. The van der Waals surface area contributed by atoms with E-state index in [2.05, 4.69) is 54.8 Å². The molecule has 0 radical (unpaired) electrons. The Morgan fingerprint density at radius 3 is 2.35 bits per heavy atom. The third kappa shape index (κ3) is 4.78. The number of aromatic nitrogens is 4. The van der Waals surface area contributed by atoms with Gasteiger partial charge in [-0.05, 0) is 0 Å². The van der Waals surface area contributed by atoms with Crippen LogP contribution in [0, 0.1) is 0 Å². The second-order valence-corrected chi connectivity index (χ2v) is 16.0. The van der Waals surface area contributed by atoms with Crippen LogP contribution in [0.5, 0.6) is 0 Å². The van der Waals surface area contributed by atoms with Crippen LogP contribution >= 0.6 is 15.9 Å². The first kappa shape index (κ1) is 23.7. The Kier molecular flexibility index (Phi) is 6.78. The molecule has 3 rings (SSSR count). The van der Waals surface area contributed by atoms with Crippen LogP contribution in [-0.2, 0) is 24.6 Å². The molecule has 2 heterocycles. The van der Waals surface area contributed by atoms with Crippen molar-refractivity contribution in [3.05, 3.63) is 61.5 Å². The third-order valence-electron chi connectivity index (χ3n) is 6.52. The van der Waals surface area contributed by atoms with Gasteiger partial charge in [-0.3, -0.25) is 0 Å². The van der Waals surface area contributed by atoms with Gasteiger partial charge in [0.15, 0.2) is 0 Å². The van der Waals surface area contributed by atoms with Crippen molar-refractivity contribution in [3.8, 4) is 0 Å². The quantitative estimate of drug-likeness (QED) is 0.276. The summed E-state index contributed by atoms with van der Waals surface area (Å²) >= 11 is 3.46. The van der Waals surface area contributed by atoms with Gasteiger partial charge in [0.25, 0.3) is 0 Å². The molecule has 170 valence electrons. The molecule has 0 aliphatic heterocycles. The Morgan fingerprint density at radius 1 is 1.10 bits per heavy atom. The third-order valence-corrected chi connectivity index (χ3v) is 12.4. The predicted molar refractivity (Wildman–Crippen MR) is 132 cm³/mol. The standard InChI is InChI=1S/C22H32BrN4O3Si/c1-22(2,3)31(5,6)30-14-10-13-26-19(28)17-18(25(4)21(26)29)24-20(23)27(17)15-16-11-8-7-9-12-16/h7-9,11-12,31H,10,13-15H2,1-6H3/q-1. The van der Waals surface area contributed by atoms with E-state index in [1.165, 1.54) is 9.13 Å². The molecule has 0 aliphatic rings. The monoisotopic (exact) mass is 507 g/mol. The first-order chi connectivity index (χ1) is 14.4. The van der Waals surface area contributed by atoms with Gasteiger partial charge in [0.05, 0.1) is 0 Å². The fraction of sp³-hybridized carbons (Fsp3) is 0.500. The van der Waals surface area contributed by atoms with Crippen molar-refractivity contribution >= 4 is 35.4 Å². The van der Waals surface area contributed by atoms with E-state index in [9.17, 15) is 9.59 Å². The fourth-order valence-corrected chi connectivity index (χ4v) is 5.03. The zero-order valence-corrected chi connectivity index (χ0v) is 21.9. The number of fused-ring (bicyclic) bond motifs is 1. The van der Waals surface area contributed by atoms with Crippen LogP contribution in [-0.4, -0.2) is 33.6 Å². The molecule has 0 N–H and O–H groups in total. The number of hydrogen-bond acceptors (Lipinski definition) is 4. The summed E-state index contributed by atoms with van der Waals surface area (Å²) in [6, 6.07) is 9.86. The molecule has 0 aliphatic carbocycles. The molecule has 0 unspecified atom stereocenters. The second-order valence-electron chi connectivity index (χ2n) is 9.76. The summed E-state index contributed by atoms with van der Waals surface area (Å²) in [5.74, 6) is 0. The molecule has 0 bridgehead atoms. The molecular formula is C22H32BrN4O3Si-. The molecule has 7 nitrogen and oxygen atoms in total. The molecule has 0 fully saturated rings. The summed E-state index contributed by atoms with van der Waals surface area (Å²) in [5, 5.41) is 0.148. The molecule has 0 atom stereocenters. The van der Waals surface area contributed by atoms with Gasteiger partial charge in [0.1, 0.15) is 0 Å². The van der Waals surface area contributed by atoms with E-state index < -0.39 is 8.32 Å². The van der Waals surface area contributed by atoms with E-state index >= 15 is 0 Å². The fourth-order valence-electron chi connectivity index (χ4n) is 3.30. The topological polar surface area (TPSA) is 71.1 Å². The molecule has 0 saturated heterocycles. The number of halogens is 1. The van der Waals surface area contributed by atoms with E-state index in [1.807, 2.05) is 34.9 Å². The van der Waals surface area contributed by atoms with Gasteiger partial charge >= 0.3 is 186 Å². The molecule has 2 aromatic heterocycles. The predicted octanol–water partition coefficient (Wildman–Crippen LogP) is 3.85. The van der Waals surface area contributed by atoms with Gasteiger partial charge in [-0.15, -0.1) is 0 Å². The number of nitrogens with zero attached hydrogens (tertiary/aromatic N) is 4. The first-order valence-electron chi connectivity index (χ1n) is 10.7. The van der Waals surface area contributed by atoms with E-state index in [-0.39, 0.29) is 16.3 Å². The van der Waals surface area contributed by atoms with E-state index in [4.69, 9.17) is 4.43 Å². The summed E-state index contributed by atoms with van der Waals surface area (Å²) in [5.41, 5.74) is 1.18. The maximum absolute atomic E-state index is 13.3. The Bertz CT molecular complexity index is 1190. The van der Waals surface area contributed by atoms with Crippen molar-refractivity contribution in [2.24, 2.45) is 7.05 Å². The van der Waals surface area contributed by atoms with Crippen LogP contribution in [0.25, 0.3) is 11.2 Å². The van der Waals surface area contributed by atoms with Gasteiger partial charge in [-0.1, -0.05) is 6.07 Å². The van der Waals surface area contributed by atoms with Gasteiger partial charge in [0.2, 0.25) is 0 Å². The average Bonchev–Trinajstić information content (AvgIpc) is 3.02. The molecule has 31 heavy (non-hydrogen) atoms. The number of aryl methyl sites for hydroxylation is 1. The van der Waals surface area contributed by atoms with Crippen LogP contribution in [0.2, 0.25) is 18.1 Å². The molecule has 0 saturated carbocycles. The summed E-state index contributed by atoms with van der Waals surface area (Å²) < 4.78 is 11.3. The number of imidazole rings is 1. The van der Waals surface area contributed by atoms with Gasteiger partial charge in [-0.25, -0.2) is 0 Å². The van der Waals surface area contributed by atoms with Crippen molar-refractivity contribution in [2.45, 2.75) is 58.4 Å². The van der Waals surface area contributed by atoms with Crippen molar-refractivity contribution in [2.75, 3.05) is 6.61 Å². The van der Waals surface area contributed by atoms with E-state index in [1.54, 1.807) is 7.05 Å². The summed E-state index contributed by atoms with van der Waals surface area (Å²) in [7, 11) is -0.522. The van der Waals surface area contributed by atoms with E-state index in [0.29, 0.717) is 42.0 Å². The van der Waals surface area contributed by atoms with E-state index in [0.717, 1.165) is 5.56 Å². The minimum atomic E-state index is -2.18. The second kappa shape index (κ2) is 8.88. The Labute approximate surface area is 191 Å². The zero-order chi connectivity index (χ0) is 23.0. The Balaban J connectivity index is 1.91. The van der Waals surface area contributed by atoms with Crippen molar-refractivity contribution in [1.82, 2.24) is 18.7 Å². The van der Waals surface area contributed by atoms with Gasteiger partial charge < -0.3 is 0 Å². The molecule has 0 spiro atoms. The van der Waals surface area contributed by atoms with Crippen molar-refractivity contribution in [3.63, 3.8) is 0 Å². The molecule has 9 heteroatoms. The number of benzene rings is 1. The van der Waals surface area contributed by atoms with Gasteiger partial charge in [-0.2, -0.15) is 0 Å². The van der Waals surface area contributed by atoms with Crippen molar-refractivity contribution < 1.29 is 4.43 Å². The van der Waals surface area contributed by atoms with Crippen LogP contribution in [0.4, 0.5) is 0 Å². The Hall–Kier alpha value is -1.97. The van der Waals surface area contributed by atoms with Crippen LogP contribution < -0.4 is 11.2 Å². The number of hydrogen-bond donors (Lipinski definition) is 0. The average molecular weight is 509 g/mol. The van der Waals surface area contributed by atoms with Crippen molar-refractivity contribution in [1.29, 1.82) is 0 Å². The molecule has 0 amide bonds. The zero-order valence-electron chi connectivity index (χ0n) is 19.2. The molecule has 1 aromatic carbocycles. The van der Waals surface area contributed by atoms with Crippen LogP contribution in [0.1, 0.15) is 32.8 Å². The first-order valence-corrected chi connectivity index (χ1v) is 14.8. The normalized spacial score (nSPS) is 13.1. The SMILES string of the molecule is Cn1c(=O)n(CCCO[SiH-](C)(C)C(C)(C)C)c(=O)c2c1nc(Br)n2Cc1ccccc1. The van der Waals surface area contributed by atoms with Gasteiger partial charge in [0, 0.05) is 0 Å².